The molecule has 2 rings (SSSR count). The number of nitrogens with zero attached hydrogens (tertiary/aromatic N) is 2. The first-order valence-corrected chi connectivity index (χ1v) is 6.03. The molecule has 1 aliphatic rings. The Kier molecular flexibility index (Phi) is 3.10. The van der Waals surface area contributed by atoms with E-state index < -0.39 is 0 Å². The molecule has 1 aromatic rings. The van der Waals surface area contributed by atoms with Crippen molar-refractivity contribution in [3.05, 3.63) is 17.0 Å². The van der Waals surface area contributed by atoms with Crippen molar-refractivity contribution in [1.82, 2.24) is 9.78 Å². The van der Waals surface area contributed by atoms with E-state index in [1.165, 1.54) is 36.2 Å². The van der Waals surface area contributed by atoms with Crippen LogP contribution in [0.5, 0.6) is 0 Å². The molecule has 0 bridgehead atoms. The first kappa shape index (κ1) is 10.7. The summed E-state index contributed by atoms with van der Waals surface area (Å²) >= 11 is 0. The van der Waals surface area contributed by atoms with Crippen LogP contribution in [0.2, 0.25) is 0 Å². The summed E-state index contributed by atoms with van der Waals surface area (Å²) in [7, 11) is 0. The van der Waals surface area contributed by atoms with Gasteiger partial charge in [0.05, 0.1) is 5.69 Å². The van der Waals surface area contributed by atoms with Gasteiger partial charge in [-0.15, -0.1) is 0 Å². The maximum atomic E-state index is 5.68. The Morgan fingerprint density at radius 3 is 2.73 bits per heavy atom. The van der Waals surface area contributed by atoms with Crippen LogP contribution in [0.4, 0.5) is 0 Å². The van der Waals surface area contributed by atoms with Crippen molar-refractivity contribution >= 4 is 0 Å². The molecule has 0 amide bonds. The minimum atomic E-state index is 0.456. The molecule has 1 aliphatic carbocycles. The van der Waals surface area contributed by atoms with Gasteiger partial charge in [-0.25, -0.2) is 0 Å². The van der Waals surface area contributed by atoms with E-state index in [-0.39, 0.29) is 0 Å². The van der Waals surface area contributed by atoms with Crippen LogP contribution in [0, 0.1) is 0 Å². The first-order valence-electron chi connectivity index (χ1n) is 6.03. The quantitative estimate of drug-likeness (QED) is 0.822. The highest BCUT2D eigenvalue weighted by Crippen LogP contribution is 2.26. The van der Waals surface area contributed by atoms with Gasteiger partial charge in [-0.3, -0.25) is 4.68 Å². The van der Waals surface area contributed by atoms with Crippen molar-refractivity contribution < 1.29 is 0 Å². The smallest absolute Gasteiger partial charge is 0.0659 e. The Bertz CT molecular complexity index is 339. The Balaban J connectivity index is 2.41. The van der Waals surface area contributed by atoms with Crippen LogP contribution < -0.4 is 5.73 Å². The van der Waals surface area contributed by atoms with Crippen LogP contribution in [0.3, 0.4) is 0 Å². The summed E-state index contributed by atoms with van der Waals surface area (Å²) in [6.07, 6.45) is 5.95. The summed E-state index contributed by atoms with van der Waals surface area (Å²) in [4.78, 5) is 0. The third kappa shape index (κ3) is 1.93. The number of hydrogen-bond acceptors (Lipinski definition) is 2. The molecule has 0 saturated carbocycles. The molecular weight excluding hydrogens is 186 g/mol. The minimum Gasteiger partial charge on any atom is -0.330 e. The standard InChI is InChI=1S/C12H21N3/c1-9(2)15-12(7-8-13)10-5-3-4-6-11(10)14-15/h9H,3-8,13H2,1-2H3. The van der Waals surface area contributed by atoms with Crippen molar-refractivity contribution in [1.29, 1.82) is 0 Å². The van der Waals surface area contributed by atoms with E-state index in [2.05, 4.69) is 18.5 Å². The predicted molar refractivity (Wildman–Crippen MR) is 62.0 cm³/mol. The van der Waals surface area contributed by atoms with Crippen LogP contribution in [0.25, 0.3) is 0 Å². The van der Waals surface area contributed by atoms with Crippen molar-refractivity contribution in [3.8, 4) is 0 Å². The summed E-state index contributed by atoms with van der Waals surface area (Å²) in [6, 6.07) is 0.456. The Morgan fingerprint density at radius 2 is 2.07 bits per heavy atom. The average Bonchev–Trinajstić information content (AvgIpc) is 2.58. The number of nitrogens with two attached hydrogens (primary N) is 1. The molecule has 0 aliphatic heterocycles. The number of aromatic nitrogens is 2. The maximum absolute atomic E-state index is 5.68. The number of hydrogen-bond donors (Lipinski definition) is 1. The van der Waals surface area contributed by atoms with Crippen LogP contribution in [-0.2, 0) is 19.3 Å². The van der Waals surface area contributed by atoms with Crippen molar-refractivity contribution in [3.63, 3.8) is 0 Å². The topological polar surface area (TPSA) is 43.8 Å². The molecule has 1 heterocycles. The molecular formula is C12H21N3. The van der Waals surface area contributed by atoms with Crippen LogP contribution in [-0.4, -0.2) is 16.3 Å². The summed E-state index contributed by atoms with van der Waals surface area (Å²) in [6.45, 7) is 5.11. The number of aryl methyl sites for hydroxylation is 1. The highest BCUT2D eigenvalue weighted by Gasteiger charge is 2.20. The normalized spacial score (nSPS) is 15.7. The van der Waals surface area contributed by atoms with Crippen LogP contribution in [0.15, 0.2) is 0 Å². The van der Waals surface area contributed by atoms with Gasteiger partial charge in [-0.2, -0.15) is 5.10 Å². The van der Waals surface area contributed by atoms with Gasteiger partial charge < -0.3 is 5.73 Å². The molecule has 1 aromatic heterocycles. The second-order valence-corrected chi connectivity index (χ2v) is 4.66. The summed E-state index contributed by atoms with van der Waals surface area (Å²) in [5, 5.41) is 4.73. The van der Waals surface area contributed by atoms with Crippen molar-refractivity contribution in [2.45, 2.75) is 52.0 Å². The number of rotatable bonds is 3. The second kappa shape index (κ2) is 4.35. The molecule has 0 aromatic carbocycles. The van der Waals surface area contributed by atoms with E-state index in [9.17, 15) is 0 Å². The molecule has 3 nitrogen and oxygen atoms in total. The minimum absolute atomic E-state index is 0.456. The third-order valence-electron chi connectivity index (χ3n) is 3.16. The molecule has 2 N–H and O–H groups in total. The fourth-order valence-corrected chi connectivity index (χ4v) is 2.47. The van der Waals surface area contributed by atoms with Gasteiger partial charge in [0, 0.05) is 18.2 Å². The van der Waals surface area contributed by atoms with E-state index in [0.29, 0.717) is 6.04 Å². The summed E-state index contributed by atoms with van der Waals surface area (Å²) in [5.41, 5.74) is 9.90. The van der Waals surface area contributed by atoms with Crippen molar-refractivity contribution in [2.24, 2.45) is 5.73 Å². The van der Waals surface area contributed by atoms with E-state index in [4.69, 9.17) is 10.8 Å². The molecule has 15 heavy (non-hydrogen) atoms. The highest BCUT2D eigenvalue weighted by molar-refractivity contribution is 5.29. The molecule has 3 heteroatoms. The van der Waals surface area contributed by atoms with E-state index in [1.54, 1.807) is 0 Å². The van der Waals surface area contributed by atoms with Gasteiger partial charge in [0.25, 0.3) is 0 Å². The van der Waals surface area contributed by atoms with Gasteiger partial charge in [-0.05, 0) is 51.6 Å². The summed E-state index contributed by atoms with van der Waals surface area (Å²) < 4.78 is 2.18. The Hall–Kier alpha value is -0.830. The lowest BCUT2D eigenvalue weighted by molar-refractivity contribution is 0.504. The predicted octanol–water partition coefficient (Wildman–Crippen LogP) is 1.84. The Morgan fingerprint density at radius 1 is 1.33 bits per heavy atom. The van der Waals surface area contributed by atoms with Gasteiger partial charge in [0.1, 0.15) is 0 Å². The third-order valence-corrected chi connectivity index (χ3v) is 3.16. The molecule has 0 saturated heterocycles. The zero-order valence-corrected chi connectivity index (χ0v) is 9.79. The molecule has 84 valence electrons. The van der Waals surface area contributed by atoms with Gasteiger partial charge in [-0.1, -0.05) is 0 Å². The Labute approximate surface area is 91.7 Å². The first-order chi connectivity index (χ1) is 7.24. The lowest BCUT2D eigenvalue weighted by atomic mass is 9.95. The molecule has 0 spiro atoms. The van der Waals surface area contributed by atoms with E-state index in [0.717, 1.165) is 19.4 Å². The fraction of sp³-hybridized carbons (Fsp3) is 0.750. The van der Waals surface area contributed by atoms with Crippen LogP contribution >= 0.6 is 0 Å². The fourth-order valence-electron chi connectivity index (χ4n) is 2.47. The van der Waals surface area contributed by atoms with Gasteiger partial charge in [0.15, 0.2) is 0 Å². The number of fused-ring (bicyclic) bond motifs is 1. The van der Waals surface area contributed by atoms with Gasteiger partial charge in [0.2, 0.25) is 0 Å². The van der Waals surface area contributed by atoms with Crippen molar-refractivity contribution in [2.75, 3.05) is 6.54 Å². The second-order valence-electron chi connectivity index (χ2n) is 4.66. The zero-order valence-electron chi connectivity index (χ0n) is 9.79. The lowest BCUT2D eigenvalue weighted by Crippen LogP contribution is -2.13. The van der Waals surface area contributed by atoms with E-state index >= 15 is 0 Å². The lowest BCUT2D eigenvalue weighted by Gasteiger charge is -2.13. The molecule has 0 atom stereocenters. The molecule has 0 radical (unpaired) electrons. The van der Waals surface area contributed by atoms with Gasteiger partial charge >= 0.3 is 0 Å². The largest absolute Gasteiger partial charge is 0.330 e. The molecule has 0 unspecified atom stereocenters. The maximum Gasteiger partial charge on any atom is 0.0659 e. The monoisotopic (exact) mass is 207 g/mol. The SMILES string of the molecule is CC(C)n1nc2c(c1CCN)CCCC2. The zero-order chi connectivity index (χ0) is 10.8. The highest BCUT2D eigenvalue weighted by atomic mass is 15.3. The average molecular weight is 207 g/mol. The summed E-state index contributed by atoms with van der Waals surface area (Å²) in [5.74, 6) is 0. The van der Waals surface area contributed by atoms with E-state index in [1.807, 2.05) is 0 Å². The van der Waals surface area contributed by atoms with Crippen LogP contribution in [0.1, 0.15) is 49.7 Å². The molecule has 0 fully saturated rings.